The summed E-state index contributed by atoms with van der Waals surface area (Å²) in [5.74, 6) is 0. The molecular weight excluding hydrogens is 200 g/mol. The number of hydrogen-bond donors (Lipinski definition) is 3. The Labute approximate surface area is 97.7 Å². The Morgan fingerprint density at radius 2 is 2.00 bits per heavy atom. The van der Waals surface area contributed by atoms with Crippen molar-refractivity contribution in [3.05, 3.63) is 22.8 Å². The van der Waals surface area contributed by atoms with Crippen LogP contribution in [-0.4, -0.2) is 18.3 Å². The largest absolute Gasteiger partial charge is 0.398 e. The number of nitrogen functional groups attached to an aromatic ring is 1. The molecule has 0 heterocycles. The van der Waals surface area contributed by atoms with E-state index in [0.29, 0.717) is 6.54 Å². The summed E-state index contributed by atoms with van der Waals surface area (Å²) in [5.41, 5.74) is 11.7. The molecule has 4 N–H and O–H groups in total. The number of rotatable bonds is 5. The van der Waals surface area contributed by atoms with E-state index in [1.54, 1.807) is 0 Å². The maximum Gasteiger partial charge on any atom is 0.0604 e. The van der Waals surface area contributed by atoms with Crippen LogP contribution in [0.25, 0.3) is 0 Å². The van der Waals surface area contributed by atoms with Crippen LogP contribution in [0.2, 0.25) is 0 Å². The van der Waals surface area contributed by atoms with Crippen LogP contribution in [0.1, 0.15) is 30.5 Å². The van der Waals surface area contributed by atoms with E-state index in [1.165, 1.54) is 11.1 Å². The average molecular weight is 222 g/mol. The molecule has 0 aromatic heterocycles. The predicted molar refractivity (Wildman–Crippen MR) is 69.9 cm³/mol. The standard InChI is InChI=1S/C13H22N2O/c1-4-10-8-9(3)12(14)11(5-2)13(10)15-6-7-16/h8,15-16H,4-7,14H2,1-3H3. The van der Waals surface area contributed by atoms with Gasteiger partial charge in [-0.05, 0) is 36.5 Å². The third-order valence-electron chi connectivity index (χ3n) is 2.91. The van der Waals surface area contributed by atoms with E-state index in [4.69, 9.17) is 10.8 Å². The van der Waals surface area contributed by atoms with Crippen molar-refractivity contribution in [2.75, 3.05) is 24.2 Å². The number of aliphatic hydroxyl groups is 1. The molecule has 0 bridgehead atoms. The molecule has 0 amide bonds. The molecular formula is C13H22N2O. The lowest BCUT2D eigenvalue weighted by atomic mass is 9.97. The minimum Gasteiger partial charge on any atom is -0.398 e. The van der Waals surface area contributed by atoms with E-state index in [2.05, 4.69) is 25.2 Å². The van der Waals surface area contributed by atoms with Crippen LogP contribution >= 0.6 is 0 Å². The molecule has 1 rings (SSSR count). The molecule has 0 saturated carbocycles. The molecule has 90 valence electrons. The van der Waals surface area contributed by atoms with Crippen molar-refractivity contribution in [3.8, 4) is 0 Å². The Bertz CT molecular complexity index is 361. The predicted octanol–water partition coefficient (Wildman–Crippen LogP) is 2.11. The fraction of sp³-hybridized carbons (Fsp3) is 0.538. The summed E-state index contributed by atoms with van der Waals surface area (Å²) in [5, 5.41) is 12.2. The van der Waals surface area contributed by atoms with E-state index in [9.17, 15) is 0 Å². The molecule has 0 unspecified atom stereocenters. The molecule has 0 aliphatic carbocycles. The Morgan fingerprint density at radius 3 is 2.50 bits per heavy atom. The molecule has 16 heavy (non-hydrogen) atoms. The number of aliphatic hydroxyl groups excluding tert-OH is 1. The minimum atomic E-state index is 0.139. The van der Waals surface area contributed by atoms with Crippen LogP contribution in [-0.2, 0) is 12.8 Å². The quantitative estimate of drug-likeness (QED) is 0.669. The van der Waals surface area contributed by atoms with Gasteiger partial charge in [-0.2, -0.15) is 0 Å². The highest BCUT2D eigenvalue weighted by Crippen LogP contribution is 2.30. The lowest BCUT2D eigenvalue weighted by molar-refractivity contribution is 0.311. The highest BCUT2D eigenvalue weighted by Gasteiger charge is 2.11. The third-order valence-corrected chi connectivity index (χ3v) is 2.91. The summed E-state index contributed by atoms with van der Waals surface area (Å²) >= 11 is 0. The van der Waals surface area contributed by atoms with E-state index in [0.717, 1.165) is 29.8 Å². The SMILES string of the molecule is CCc1cc(C)c(N)c(CC)c1NCCO. The molecule has 0 spiro atoms. The normalized spacial score (nSPS) is 10.5. The zero-order valence-corrected chi connectivity index (χ0v) is 10.4. The lowest BCUT2D eigenvalue weighted by Gasteiger charge is -2.18. The van der Waals surface area contributed by atoms with Gasteiger partial charge in [0.1, 0.15) is 0 Å². The van der Waals surface area contributed by atoms with Crippen LogP contribution in [0.4, 0.5) is 11.4 Å². The molecule has 1 aromatic rings. The van der Waals surface area contributed by atoms with Crippen molar-refractivity contribution >= 4 is 11.4 Å². The lowest BCUT2D eigenvalue weighted by Crippen LogP contribution is -2.12. The third kappa shape index (κ3) is 2.47. The first kappa shape index (κ1) is 12.8. The van der Waals surface area contributed by atoms with Gasteiger partial charge in [0.25, 0.3) is 0 Å². The van der Waals surface area contributed by atoms with E-state index in [-0.39, 0.29) is 6.61 Å². The van der Waals surface area contributed by atoms with E-state index in [1.807, 2.05) is 6.92 Å². The first-order chi connectivity index (χ1) is 7.65. The van der Waals surface area contributed by atoms with Gasteiger partial charge in [0.15, 0.2) is 0 Å². The molecule has 3 nitrogen and oxygen atoms in total. The summed E-state index contributed by atoms with van der Waals surface area (Å²) in [4.78, 5) is 0. The molecule has 0 radical (unpaired) electrons. The number of aryl methyl sites for hydroxylation is 2. The molecule has 0 aliphatic rings. The second kappa shape index (κ2) is 5.75. The number of hydrogen-bond acceptors (Lipinski definition) is 3. The fourth-order valence-corrected chi connectivity index (χ4v) is 2.02. The van der Waals surface area contributed by atoms with Gasteiger partial charge in [-0.25, -0.2) is 0 Å². The maximum absolute atomic E-state index is 8.88. The summed E-state index contributed by atoms with van der Waals surface area (Å²) in [6.45, 7) is 7.00. The number of anilines is 2. The van der Waals surface area contributed by atoms with Crippen LogP contribution in [0.3, 0.4) is 0 Å². The zero-order chi connectivity index (χ0) is 12.1. The topological polar surface area (TPSA) is 58.3 Å². The summed E-state index contributed by atoms with van der Waals surface area (Å²) in [6.07, 6.45) is 1.89. The van der Waals surface area contributed by atoms with Gasteiger partial charge in [0.05, 0.1) is 6.61 Å². The van der Waals surface area contributed by atoms with Gasteiger partial charge in [-0.1, -0.05) is 19.9 Å². The Balaban J connectivity index is 3.23. The molecule has 0 saturated heterocycles. The maximum atomic E-state index is 8.88. The molecule has 1 aromatic carbocycles. The van der Waals surface area contributed by atoms with Crippen molar-refractivity contribution in [1.82, 2.24) is 0 Å². The van der Waals surface area contributed by atoms with E-state index < -0.39 is 0 Å². The van der Waals surface area contributed by atoms with Gasteiger partial charge in [-0.3, -0.25) is 0 Å². The van der Waals surface area contributed by atoms with Crippen molar-refractivity contribution in [1.29, 1.82) is 0 Å². The summed E-state index contributed by atoms with van der Waals surface area (Å²) < 4.78 is 0. The smallest absolute Gasteiger partial charge is 0.0604 e. The van der Waals surface area contributed by atoms with E-state index >= 15 is 0 Å². The van der Waals surface area contributed by atoms with Crippen molar-refractivity contribution in [2.45, 2.75) is 33.6 Å². The van der Waals surface area contributed by atoms with Crippen molar-refractivity contribution < 1.29 is 5.11 Å². The Morgan fingerprint density at radius 1 is 1.31 bits per heavy atom. The molecule has 0 fully saturated rings. The van der Waals surface area contributed by atoms with Gasteiger partial charge in [0, 0.05) is 17.9 Å². The van der Waals surface area contributed by atoms with Gasteiger partial charge in [0.2, 0.25) is 0 Å². The highest BCUT2D eigenvalue weighted by molar-refractivity contribution is 5.70. The van der Waals surface area contributed by atoms with Gasteiger partial charge >= 0.3 is 0 Å². The minimum absolute atomic E-state index is 0.139. The second-order valence-corrected chi connectivity index (χ2v) is 3.98. The number of nitrogens with two attached hydrogens (primary N) is 1. The first-order valence-corrected chi connectivity index (χ1v) is 5.91. The van der Waals surface area contributed by atoms with Crippen LogP contribution < -0.4 is 11.1 Å². The Kier molecular flexibility index (Phi) is 4.62. The van der Waals surface area contributed by atoms with Crippen LogP contribution in [0.5, 0.6) is 0 Å². The van der Waals surface area contributed by atoms with Crippen LogP contribution in [0.15, 0.2) is 6.07 Å². The summed E-state index contributed by atoms with van der Waals surface area (Å²) in [7, 11) is 0. The monoisotopic (exact) mass is 222 g/mol. The van der Waals surface area contributed by atoms with Crippen molar-refractivity contribution in [3.63, 3.8) is 0 Å². The first-order valence-electron chi connectivity index (χ1n) is 5.91. The van der Waals surface area contributed by atoms with Crippen molar-refractivity contribution in [2.24, 2.45) is 0 Å². The fourth-order valence-electron chi connectivity index (χ4n) is 2.02. The zero-order valence-electron chi connectivity index (χ0n) is 10.4. The second-order valence-electron chi connectivity index (χ2n) is 3.98. The molecule has 0 atom stereocenters. The summed E-state index contributed by atoms with van der Waals surface area (Å²) in [6, 6.07) is 2.13. The van der Waals surface area contributed by atoms with Crippen LogP contribution in [0, 0.1) is 6.92 Å². The highest BCUT2D eigenvalue weighted by atomic mass is 16.3. The Hall–Kier alpha value is -1.22. The molecule has 3 heteroatoms. The number of nitrogens with one attached hydrogen (secondary N) is 1. The van der Waals surface area contributed by atoms with Gasteiger partial charge in [-0.15, -0.1) is 0 Å². The van der Waals surface area contributed by atoms with Gasteiger partial charge < -0.3 is 16.2 Å². The molecule has 0 aliphatic heterocycles. The average Bonchev–Trinajstić information content (AvgIpc) is 2.30. The number of benzene rings is 1.